The molecule has 7 heteroatoms. The quantitative estimate of drug-likeness (QED) is 0.919. The van der Waals surface area contributed by atoms with Crippen LogP contribution in [0.4, 0.5) is 0 Å². The van der Waals surface area contributed by atoms with Crippen molar-refractivity contribution in [3.8, 4) is 0 Å². The molecule has 0 saturated carbocycles. The van der Waals surface area contributed by atoms with E-state index in [0.717, 1.165) is 12.0 Å². The van der Waals surface area contributed by atoms with Crippen LogP contribution in [0.3, 0.4) is 0 Å². The Bertz CT molecular complexity index is 793. The van der Waals surface area contributed by atoms with Crippen LogP contribution in [-0.4, -0.2) is 42.6 Å². The van der Waals surface area contributed by atoms with Crippen LogP contribution in [0.15, 0.2) is 29.2 Å². The first-order chi connectivity index (χ1) is 11.4. The number of aromatic nitrogens is 2. The van der Waals surface area contributed by atoms with Crippen molar-refractivity contribution in [2.75, 3.05) is 19.7 Å². The predicted octanol–water partition coefficient (Wildman–Crippen LogP) is 2.35. The summed E-state index contributed by atoms with van der Waals surface area (Å²) < 4.78 is 33.3. The molecular formula is C17H23N3O3S. The Labute approximate surface area is 142 Å². The first kappa shape index (κ1) is 17.1. The predicted molar refractivity (Wildman–Crippen MR) is 91.3 cm³/mol. The van der Waals surface area contributed by atoms with E-state index in [4.69, 9.17) is 4.74 Å². The number of nitrogens with one attached hydrogen (secondary N) is 1. The molecule has 0 aliphatic carbocycles. The Morgan fingerprint density at radius 3 is 2.58 bits per heavy atom. The van der Waals surface area contributed by atoms with Gasteiger partial charge in [-0.2, -0.15) is 9.40 Å². The zero-order chi connectivity index (χ0) is 17.3. The average Bonchev–Trinajstić information content (AvgIpc) is 2.94. The Kier molecular flexibility index (Phi) is 4.76. The molecule has 130 valence electrons. The van der Waals surface area contributed by atoms with Gasteiger partial charge in [-0.05, 0) is 31.4 Å². The van der Waals surface area contributed by atoms with Crippen LogP contribution in [0.2, 0.25) is 0 Å². The number of hydrogen-bond acceptors (Lipinski definition) is 4. The lowest BCUT2D eigenvalue weighted by Crippen LogP contribution is -2.42. The summed E-state index contributed by atoms with van der Waals surface area (Å²) in [6, 6.07) is 8.18. The topological polar surface area (TPSA) is 75.3 Å². The summed E-state index contributed by atoms with van der Waals surface area (Å²) in [5, 5.41) is 6.76. The van der Waals surface area contributed by atoms with Gasteiger partial charge < -0.3 is 4.74 Å². The third-order valence-corrected chi connectivity index (χ3v) is 6.58. The second kappa shape index (κ2) is 6.66. The van der Waals surface area contributed by atoms with Gasteiger partial charge >= 0.3 is 0 Å². The van der Waals surface area contributed by atoms with Gasteiger partial charge in [0.05, 0.1) is 24.1 Å². The van der Waals surface area contributed by atoms with E-state index in [2.05, 4.69) is 29.3 Å². The van der Waals surface area contributed by atoms with Crippen LogP contribution in [0, 0.1) is 13.8 Å². The molecule has 24 heavy (non-hydrogen) atoms. The molecule has 6 nitrogen and oxygen atoms in total. The zero-order valence-corrected chi connectivity index (χ0v) is 15.1. The van der Waals surface area contributed by atoms with Crippen LogP contribution >= 0.6 is 0 Å². The van der Waals surface area contributed by atoms with Crippen LogP contribution < -0.4 is 0 Å². The largest absolute Gasteiger partial charge is 0.371 e. The normalized spacial score (nSPS) is 19.5. The van der Waals surface area contributed by atoms with Gasteiger partial charge in [-0.15, -0.1) is 0 Å². The van der Waals surface area contributed by atoms with Crippen LogP contribution in [-0.2, 0) is 21.2 Å². The second-order valence-corrected chi connectivity index (χ2v) is 7.96. The summed E-state index contributed by atoms with van der Waals surface area (Å²) in [5.41, 5.74) is 3.34. The molecule has 1 aliphatic rings. The second-order valence-electron chi connectivity index (χ2n) is 6.08. The van der Waals surface area contributed by atoms with Crippen molar-refractivity contribution >= 4 is 10.0 Å². The highest BCUT2D eigenvalue weighted by molar-refractivity contribution is 7.89. The smallest absolute Gasteiger partial charge is 0.246 e. The molecule has 1 aromatic carbocycles. The Balaban J connectivity index is 1.85. The van der Waals surface area contributed by atoms with Crippen molar-refractivity contribution in [1.29, 1.82) is 0 Å². The van der Waals surface area contributed by atoms with Crippen LogP contribution in [0.5, 0.6) is 0 Å². The summed E-state index contributed by atoms with van der Waals surface area (Å²) in [7, 11) is -3.57. The van der Waals surface area contributed by atoms with E-state index in [-0.39, 0.29) is 11.0 Å². The minimum absolute atomic E-state index is 0.244. The van der Waals surface area contributed by atoms with Gasteiger partial charge in [0, 0.05) is 13.1 Å². The summed E-state index contributed by atoms with van der Waals surface area (Å²) in [5.74, 6) is 0. The van der Waals surface area contributed by atoms with Crippen molar-refractivity contribution in [3.05, 3.63) is 46.8 Å². The number of sulfonamides is 1. The maximum absolute atomic E-state index is 13.0. The number of aromatic amines is 1. The van der Waals surface area contributed by atoms with E-state index >= 15 is 0 Å². The summed E-state index contributed by atoms with van der Waals surface area (Å²) in [6.07, 6.45) is 0.734. The maximum atomic E-state index is 13.0. The Hall–Kier alpha value is -1.70. The first-order valence-corrected chi connectivity index (χ1v) is 9.59. The highest BCUT2D eigenvalue weighted by atomic mass is 32.2. The molecule has 2 aromatic rings. The first-order valence-electron chi connectivity index (χ1n) is 8.15. The summed E-state index contributed by atoms with van der Waals surface area (Å²) >= 11 is 0. The minimum atomic E-state index is -3.57. The van der Waals surface area contributed by atoms with Gasteiger partial charge in [0.25, 0.3) is 0 Å². The van der Waals surface area contributed by atoms with E-state index in [1.54, 1.807) is 13.8 Å². The summed E-state index contributed by atoms with van der Waals surface area (Å²) in [4.78, 5) is 0.282. The Morgan fingerprint density at radius 2 is 2.00 bits per heavy atom. The van der Waals surface area contributed by atoms with E-state index < -0.39 is 10.0 Å². The van der Waals surface area contributed by atoms with Crippen molar-refractivity contribution in [3.63, 3.8) is 0 Å². The molecule has 3 rings (SSSR count). The highest BCUT2D eigenvalue weighted by Gasteiger charge is 2.34. The molecule has 0 bridgehead atoms. The van der Waals surface area contributed by atoms with Crippen molar-refractivity contribution in [2.24, 2.45) is 0 Å². The van der Waals surface area contributed by atoms with E-state index in [0.29, 0.717) is 31.1 Å². The molecule has 1 atom stereocenters. The lowest BCUT2D eigenvalue weighted by atomic mass is 10.1. The molecule has 2 heterocycles. The number of ether oxygens (including phenoxy) is 1. The van der Waals surface area contributed by atoms with Gasteiger partial charge in [0.2, 0.25) is 10.0 Å². The number of benzene rings is 1. The number of hydrogen-bond donors (Lipinski definition) is 1. The van der Waals surface area contributed by atoms with Gasteiger partial charge in [0.15, 0.2) is 0 Å². The van der Waals surface area contributed by atoms with Gasteiger partial charge in [-0.1, -0.05) is 31.2 Å². The molecular weight excluding hydrogens is 326 g/mol. The van der Waals surface area contributed by atoms with E-state index in [1.807, 2.05) is 12.1 Å². The SMILES string of the molecule is CCc1ccc(C2CN(S(=O)(=O)c3c(C)n[nH]c3C)CCO2)cc1. The fraction of sp³-hybridized carbons (Fsp3) is 0.471. The lowest BCUT2D eigenvalue weighted by molar-refractivity contribution is -0.00258. The molecule has 1 aromatic heterocycles. The van der Waals surface area contributed by atoms with Crippen LogP contribution in [0.1, 0.15) is 35.5 Å². The molecule has 1 N–H and O–H groups in total. The minimum Gasteiger partial charge on any atom is -0.371 e. The zero-order valence-electron chi connectivity index (χ0n) is 14.2. The van der Waals surface area contributed by atoms with Gasteiger partial charge in [-0.3, -0.25) is 5.10 Å². The number of H-pyrrole nitrogens is 1. The van der Waals surface area contributed by atoms with Gasteiger partial charge in [-0.25, -0.2) is 8.42 Å². The third kappa shape index (κ3) is 3.11. The molecule has 1 aliphatic heterocycles. The van der Waals surface area contributed by atoms with Crippen molar-refractivity contribution in [2.45, 2.75) is 38.2 Å². The monoisotopic (exact) mass is 349 g/mol. The van der Waals surface area contributed by atoms with Crippen molar-refractivity contribution in [1.82, 2.24) is 14.5 Å². The Morgan fingerprint density at radius 1 is 1.29 bits per heavy atom. The molecule has 1 fully saturated rings. The number of aryl methyl sites for hydroxylation is 3. The number of morpholine rings is 1. The van der Waals surface area contributed by atoms with Crippen LogP contribution in [0.25, 0.3) is 0 Å². The number of nitrogens with zero attached hydrogens (tertiary/aromatic N) is 2. The third-order valence-electron chi connectivity index (χ3n) is 4.45. The standard InChI is InChI=1S/C17H23N3O3S/c1-4-14-5-7-15(8-6-14)16-11-20(9-10-23-16)24(21,22)17-12(2)18-19-13(17)3/h5-8,16H,4,9-11H2,1-3H3,(H,18,19). The van der Waals surface area contributed by atoms with Gasteiger partial charge in [0.1, 0.15) is 4.90 Å². The molecule has 1 unspecified atom stereocenters. The average molecular weight is 349 g/mol. The molecule has 0 amide bonds. The van der Waals surface area contributed by atoms with Crippen molar-refractivity contribution < 1.29 is 13.2 Å². The lowest BCUT2D eigenvalue weighted by Gasteiger charge is -2.32. The van der Waals surface area contributed by atoms with E-state index in [1.165, 1.54) is 9.87 Å². The fourth-order valence-electron chi connectivity index (χ4n) is 3.06. The maximum Gasteiger partial charge on any atom is 0.246 e. The summed E-state index contributed by atoms with van der Waals surface area (Å²) in [6.45, 7) is 6.60. The molecule has 0 spiro atoms. The molecule has 1 saturated heterocycles. The fourth-order valence-corrected chi connectivity index (χ4v) is 4.82. The number of rotatable bonds is 4. The highest BCUT2D eigenvalue weighted by Crippen LogP contribution is 2.28. The molecule has 0 radical (unpaired) electrons. The van der Waals surface area contributed by atoms with E-state index in [9.17, 15) is 8.42 Å².